The van der Waals surface area contributed by atoms with Crippen LogP contribution in [0.5, 0.6) is 0 Å². The second-order valence-corrected chi connectivity index (χ2v) is 6.18. The number of anilines is 1. The molecule has 0 aromatic heterocycles. The van der Waals surface area contributed by atoms with Gasteiger partial charge in [-0.2, -0.15) is 16.8 Å². The minimum Gasteiger partial charge on any atom is -0.399 e. The van der Waals surface area contributed by atoms with Gasteiger partial charge in [-0.3, -0.25) is 4.55 Å². The summed E-state index contributed by atoms with van der Waals surface area (Å²) in [4.78, 5) is 0. The number of hydrogen-bond donors (Lipinski definition) is 2. The van der Waals surface area contributed by atoms with E-state index in [4.69, 9.17) is 10.3 Å². The molecule has 118 valence electrons. The lowest BCUT2D eigenvalue weighted by Gasteiger charge is -1.98. The average Bonchev–Trinajstić information content (AvgIpc) is 2.38. The van der Waals surface area contributed by atoms with Gasteiger partial charge in [-0.15, -0.1) is 4.36 Å². The lowest BCUT2D eigenvalue weighted by atomic mass is 10.2. The Kier molecular flexibility index (Phi) is 6.70. The zero-order valence-electron chi connectivity index (χ0n) is 11.3. The first kappa shape index (κ1) is 17.8. The Balaban J connectivity index is 0.000000287. The summed E-state index contributed by atoms with van der Waals surface area (Å²) in [7, 11) is -6.70. The Morgan fingerprint density at radius 1 is 1.05 bits per heavy atom. The van der Waals surface area contributed by atoms with Crippen molar-refractivity contribution in [1.29, 1.82) is 0 Å². The van der Waals surface area contributed by atoms with E-state index in [1.807, 2.05) is 30.3 Å². The van der Waals surface area contributed by atoms with Gasteiger partial charge in [-0.1, -0.05) is 30.3 Å². The van der Waals surface area contributed by atoms with Gasteiger partial charge in [-0.25, -0.2) is 0 Å². The number of nitrogens with two attached hydrogens (primary N) is 1. The maximum Gasteiger partial charge on any atom is 0.316 e. The lowest BCUT2D eigenvalue weighted by Crippen LogP contribution is -2.00. The number of nitrogens with zero attached hydrogens (tertiary/aromatic N) is 1. The Bertz CT molecular complexity index is 839. The highest BCUT2D eigenvalue weighted by Gasteiger charge is 2.06. The number of para-hydroxylation sites is 1. The predicted molar refractivity (Wildman–Crippen MR) is 83.6 cm³/mol. The van der Waals surface area contributed by atoms with Crippen LogP contribution in [-0.2, 0) is 26.4 Å². The molecule has 3 N–H and O–H groups in total. The molecule has 0 radical (unpaired) electrons. The smallest absolute Gasteiger partial charge is 0.316 e. The van der Waals surface area contributed by atoms with E-state index in [0.29, 0.717) is 0 Å². The summed E-state index contributed by atoms with van der Waals surface area (Å²) in [6, 6.07) is 15.1. The lowest BCUT2D eigenvalue weighted by molar-refractivity contribution is 0.482. The molecule has 0 saturated heterocycles. The summed E-state index contributed by atoms with van der Waals surface area (Å²) in [6.45, 7) is 0. The van der Waals surface area contributed by atoms with Crippen LogP contribution in [0.4, 0.5) is 11.4 Å². The number of nitrogen functional groups attached to an aromatic ring is 1. The van der Waals surface area contributed by atoms with Crippen molar-refractivity contribution in [2.75, 3.05) is 5.73 Å². The van der Waals surface area contributed by atoms with Crippen molar-refractivity contribution in [2.24, 2.45) is 4.36 Å². The van der Waals surface area contributed by atoms with Gasteiger partial charge in [0.2, 0.25) is 0 Å². The fourth-order valence-electron chi connectivity index (χ4n) is 1.45. The number of hydrogen-bond acceptors (Lipinski definition) is 6. The number of rotatable bonds is 3. The molecule has 0 saturated carbocycles. The maximum absolute atomic E-state index is 10.5. The Morgan fingerprint density at radius 3 is 2.14 bits per heavy atom. The van der Waals surface area contributed by atoms with Crippen molar-refractivity contribution in [2.45, 2.75) is 5.75 Å². The molecule has 2 rings (SSSR count). The van der Waals surface area contributed by atoms with Gasteiger partial charge in [0.15, 0.2) is 0 Å². The molecular formula is C13H14N2O5S2. The van der Waals surface area contributed by atoms with E-state index >= 15 is 0 Å². The minimum absolute atomic E-state index is 0.115. The van der Waals surface area contributed by atoms with Crippen LogP contribution in [-0.4, -0.2) is 21.4 Å². The SMILES string of the molecule is Nc1ccccc1.O=S(=O)=Nc1cccc(CS(=O)(=O)O)c1. The molecule has 0 atom stereocenters. The summed E-state index contributed by atoms with van der Waals surface area (Å²) in [6.07, 6.45) is 0. The van der Waals surface area contributed by atoms with Gasteiger partial charge in [-0.05, 0) is 29.8 Å². The minimum atomic E-state index is -4.12. The largest absolute Gasteiger partial charge is 0.399 e. The van der Waals surface area contributed by atoms with E-state index in [1.165, 1.54) is 24.3 Å². The van der Waals surface area contributed by atoms with E-state index in [0.717, 1.165) is 5.69 Å². The van der Waals surface area contributed by atoms with Crippen LogP contribution in [0.15, 0.2) is 59.0 Å². The van der Waals surface area contributed by atoms with Gasteiger partial charge in [0, 0.05) is 5.69 Å². The Morgan fingerprint density at radius 2 is 1.68 bits per heavy atom. The fourth-order valence-corrected chi connectivity index (χ4v) is 2.34. The topological polar surface area (TPSA) is 127 Å². The Labute approximate surface area is 129 Å². The second-order valence-electron chi connectivity index (χ2n) is 4.12. The molecule has 9 heteroatoms. The highest BCUT2D eigenvalue weighted by atomic mass is 32.2. The van der Waals surface area contributed by atoms with Crippen LogP contribution in [0.3, 0.4) is 0 Å². The van der Waals surface area contributed by atoms with E-state index in [9.17, 15) is 16.8 Å². The normalized spacial score (nSPS) is 10.2. The summed E-state index contributed by atoms with van der Waals surface area (Å²) in [5.41, 5.74) is 6.56. The first-order valence-corrected chi connectivity index (χ1v) is 8.56. The summed E-state index contributed by atoms with van der Waals surface area (Å²) in [5, 5.41) is 0. The fraction of sp³-hybridized carbons (Fsp3) is 0.0769. The highest BCUT2D eigenvalue weighted by molar-refractivity contribution is 7.85. The van der Waals surface area contributed by atoms with Crippen LogP contribution in [0.2, 0.25) is 0 Å². The third-order valence-corrected chi connectivity index (χ3v) is 3.30. The van der Waals surface area contributed by atoms with Crippen LogP contribution in [0, 0.1) is 0 Å². The molecule has 0 amide bonds. The first-order valence-electron chi connectivity index (χ1n) is 5.92. The van der Waals surface area contributed by atoms with Crippen molar-refractivity contribution in [3.63, 3.8) is 0 Å². The van der Waals surface area contributed by atoms with Crippen molar-refractivity contribution in [1.82, 2.24) is 0 Å². The molecular weight excluding hydrogens is 328 g/mol. The van der Waals surface area contributed by atoms with Gasteiger partial charge < -0.3 is 5.73 Å². The van der Waals surface area contributed by atoms with E-state index in [2.05, 4.69) is 4.36 Å². The predicted octanol–water partition coefficient (Wildman–Crippen LogP) is 2.04. The average molecular weight is 342 g/mol. The summed E-state index contributed by atoms with van der Waals surface area (Å²) >= 11 is 0. The molecule has 22 heavy (non-hydrogen) atoms. The van der Waals surface area contributed by atoms with Crippen LogP contribution in [0.25, 0.3) is 0 Å². The van der Waals surface area contributed by atoms with Crippen molar-refractivity contribution in [3.05, 3.63) is 60.2 Å². The van der Waals surface area contributed by atoms with Crippen molar-refractivity contribution < 1.29 is 21.4 Å². The zero-order valence-corrected chi connectivity index (χ0v) is 13.0. The van der Waals surface area contributed by atoms with Crippen molar-refractivity contribution in [3.8, 4) is 0 Å². The van der Waals surface area contributed by atoms with Gasteiger partial charge in [0.05, 0.1) is 5.69 Å². The van der Waals surface area contributed by atoms with E-state index in [-0.39, 0.29) is 11.3 Å². The van der Waals surface area contributed by atoms with Crippen LogP contribution >= 0.6 is 0 Å². The molecule has 0 spiro atoms. The zero-order chi connectivity index (χ0) is 16.6. The van der Waals surface area contributed by atoms with Gasteiger partial charge in [0.25, 0.3) is 10.1 Å². The van der Waals surface area contributed by atoms with E-state index < -0.39 is 26.4 Å². The monoisotopic (exact) mass is 342 g/mol. The molecule has 2 aromatic rings. The summed E-state index contributed by atoms with van der Waals surface area (Å²) < 4.78 is 53.3. The molecule has 2 aromatic carbocycles. The highest BCUT2D eigenvalue weighted by Crippen LogP contribution is 2.15. The second kappa shape index (κ2) is 8.27. The molecule has 7 nitrogen and oxygen atoms in total. The Hall–Kier alpha value is -2.23. The molecule has 0 aliphatic rings. The molecule has 0 fully saturated rings. The van der Waals surface area contributed by atoms with Crippen molar-refractivity contribution >= 4 is 32.0 Å². The van der Waals surface area contributed by atoms with Gasteiger partial charge in [0.1, 0.15) is 5.75 Å². The molecule has 0 aliphatic heterocycles. The van der Waals surface area contributed by atoms with Crippen LogP contribution in [0.1, 0.15) is 5.56 Å². The third kappa shape index (κ3) is 8.15. The van der Waals surface area contributed by atoms with E-state index in [1.54, 1.807) is 0 Å². The standard InChI is InChI=1S/C7H7NO5S2.C6H7N/c9-14(10)8-7-3-1-2-6(4-7)5-15(11,12)13;7-6-4-2-1-3-5-6/h1-4H,5H2,(H,11,12,13);1-5H,7H2. The third-order valence-electron chi connectivity index (χ3n) is 2.24. The molecule has 0 unspecified atom stereocenters. The van der Waals surface area contributed by atoms with Gasteiger partial charge >= 0.3 is 10.5 Å². The first-order chi connectivity index (χ1) is 10.3. The molecule has 0 heterocycles. The quantitative estimate of drug-likeness (QED) is 0.649. The molecule has 0 bridgehead atoms. The van der Waals surface area contributed by atoms with Crippen LogP contribution < -0.4 is 5.73 Å². The molecule has 0 aliphatic carbocycles. The maximum atomic E-state index is 10.5. The summed E-state index contributed by atoms with van der Waals surface area (Å²) in [5.74, 6) is -0.568. The number of benzene rings is 2.